The number of aromatic nitrogens is 2. The van der Waals surface area contributed by atoms with Crippen LogP contribution in [-0.2, 0) is 20.9 Å². The molecule has 2 amide bonds. The summed E-state index contributed by atoms with van der Waals surface area (Å²) in [5, 5.41) is 10.3. The molecule has 4 rings (SSSR count). The molecule has 1 aliphatic rings. The molecular formula is C23H23FN4O3. The van der Waals surface area contributed by atoms with Crippen molar-refractivity contribution < 1.29 is 18.7 Å². The molecule has 0 fully saturated rings. The van der Waals surface area contributed by atoms with Gasteiger partial charge in [0, 0.05) is 18.4 Å². The van der Waals surface area contributed by atoms with E-state index in [9.17, 15) is 14.0 Å². The lowest BCUT2D eigenvalue weighted by atomic mass is 10.1. The topological polar surface area (TPSA) is 85.2 Å². The van der Waals surface area contributed by atoms with Crippen molar-refractivity contribution >= 4 is 23.3 Å². The first-order valence-electron chi connectivity index (χ1n) is 9.91. The molecule has 2 N–H and O–H groups in total. The molecule has 0 saturated carbocycles. The van der Waals surface area contributed by atoms with Gasteiger partial charge in [0.05, 0.1) is 18.7 Å². The van der Waals surface area contributed by atoms with Gasteiger partial charge in [-0.05, 0) is 48.7 Å². The third-order valence-corrected chi connectivity index (χ3v) is 5.28. The number of rotatable bonds is 6. The van der Waals surface area contributed by atoms with Crippen molar-refractivity contribution in [2.24, 2.45) is 0 Å². The summed E-state index contributed by atoms with van der Waals surface area (Å²) in [6, 6.07) is 11.0. The maximum atomic E-state index is 13.4. The highest BCUT2D eigenvalue weighted by Gasteiger charge is 2.37. The molecule has 160 valence electrons. The van der Waals surface area contributed by atoms with E-state index in [0.717, 1.165) is 16.8 Å². The monoisotopic (exact) mass is 422 g/mol. The van der Waals surface area contributed by atoms with Crippen LogP contribution in [0.3, 0.4) is 0 Å². The summed E-state index contributed by atoms with van der Waals surface area (Å²) in [6.07, 6.45) is -0.0663. The number of ether oxygens (including phenoxy) is 1. The molecule has 0 spiro atoms. The molecule has 0 radical (unpaired) electrons. The molecule has 3 aromatic rings. The zero-order chi connectivity index (χ0) is 22.1. The highest BCUT2D eigenvalue weighted by molar-refractivity contribution is 6.04. The number of nitrogens with one attached hydrogen (secondary N) is 2. The Balaban J connectivity index is 1.63. The number of halogens is 1. The van der Waals surface area contributed by atoms with Gasteiger partial charge in [-0.15, -0.1) is 0 Å². The minimum Gasteiger partial charge on any atom is -0.378 e. The number of methoxy groups -OCH3 is 1. The zero-order valence-corrected chi connectivity index (χ0v) is 17.5. The van der Waals surface area contributed by atoms with Crippen LogP contribution >= 0.6 is 0 Å². The number of amides is 2. The van der Waals surface area contributed by atoms with Crippen molar-refractivity contribution in [1.29, 1.82) is 0 Å². The Bertz CT molecular complexity index is 1150. The third kappa shape index (κ3) is 4.06. The van der Waals surface area contributed by atoms with Gasteiger partial charge in [-0.3, -0.25) is 9.59 Å². The predicted octanol–water partition coefficient (Wildman–Crippen LogP) is 3.97. The summed E-state index contributed by atoms with van der Waals surface area (Å²) in [4.78, 5) is 25.4. The Morgan fingerprint density at radius 3 is 2.68 bits per heavy atom. The molecule has 0 bridgehead atoms. The van der Waals surface area contributed by atoms with E-state index in [2.05, 4.69) is 15.7 Å². The molecule has 2 aromatic carbocycles. The highest BCUT2D eigenvalue weighted by Crippen LogP contribution is 2.39. The van der Waals surface area contributed by atoms with Crippen LogP contribution in [-0.4, -0.2) is 28.7 Å². The van der Waals surface area contributed by atoms with Gasteiger partial charge in [-0.2, -0.15) is 5.10 Å². The van der Waals surface area contributed by atoms with Gasteiger partial charge in [0.25, 0.3) is 5.91 Å². The molecule has 31 heavy (non-hydrogen) atoms. The maximum Gasteiger partial charge on any atom is 0.251 e. The highest BCUT2D eigenvalue weighted by atomic mass is 19.1. The number of hydrogen-bond donors (Lipinski definition) is 2. The van der Waals surface area contributed by atoms with Crippen molar-refractivity contribution in [3.05, 3.63) is 65.1 Å². The van der Waals surface area contributed by atoms with Gasteiger partial charge < -0.3 is 15.4 Å². The summed E-state index contributed by atoms with van der Waals surface area (Å²) in [5.74, 6) is -0.473. The second-order valence-corrected chi connectivity index (χ2v) is 7.63. The lowest BCUT2D eigenvalue weighted by molar-refractivity contribution is -0.123. The van der Waals surface area contributed by atoms with Crippen molar-refractivity contribution in [2.75, 3.05) is 17.7 Å². The summed E-state index contributed by atoms with van der Waals surface area (Å²) in [7, 11) is 1.55. The molecular weight excluding hydrogens is 399 g/mol. The van der Waals surface area contributed by atoms with Gasteiger partial charge in [0.2, 0.25) is 5.91 Å². The van der Waals surface area contributed by atoms with E-state index in [0.29, 0.717) is 22.6 Å². The first-order valence-corrected chi connectivity index (χ1v) is 9.91. The second kappa shape index (κ2) is 8.31. The average molecular weight is 422 g/mol. The molecule has 1 unspecified atom stereocenters. The van der Waals surface area contributed by atoms with E-state index in [1.54, 1.807) is 19.2 Å². The summed E-state index contributed by atoms with van der Waals surface area (Å²) in [5.41, 5.74) is 4.65. The standard InChI is InChI=1S/C23H23FN4O3/c1-13-4-5-14(2)17(10-13)25-20(29)11-19-23(30)26-22-21(15-6-8-16(24)9-7-15)18(12-31-3)27-28(19)22/h4-10,19H,11-12H2,1-3H3,(H,25,29)(H,26,30). The molecule has 0 saturated heterocycles. The number of fused-ring (bicyclic) bond motifs is 1. The largest absolute Gasteiger partial charge is 0.378 e. The minimum atomic E-state index is -0.787. The van der Waals surface area contributed by atoms with Crippen LogP contribution in [0.15, 0.2) is 42.5 Å². The van der Waals surface area contributed by atoms with E-state index in [1.807, 2.05) is 32.0 Å². The zero-order valence-electron chi connectivity index (χ0n) is 17.5. The van der Waals surface area contributed by atoms with Crippen LogP contribution in [0.4, 0.5) is 15.9 Å². The first-order chi connectivity index (χ1) is 14.9. The Labute approximate surface area is 179 Å². The SMILES string of the molecule is COCc1nn2c(c1-c1ccc(F)cc1)NC(=O)C2CC(=O)Nc1cc(C)ccc1C. The Morgan fingerprint density at radius 2 is 1.97 bits per heavy atom. The quantitative estimate of drug-likeness (QED) is 0.629. The van der Waals surface area contributed by atoms with E-state index >= 15 is 0 Å². The van der Waals surface area contributed by atoms with Crippen LogP contribution < -0.4 is 10.6 Å². The lowest BCUT2D eigenvalue weighted by Crippen LogP contribution is -2.24. The third-order valence-electron chi connectivity index (χ3n) is 5.28. The number of carbonyl (C=O) groups excluding carboxylic acids is 2. The number of aryl methyl sites for hydroxylation is 2. The number of anilines is 2. The molecule has 1 atom stereocenters. The Kier molecular flexibility index (Phi) is 5.56. The molecule has 2 heterocycles. The normalized spacial score (nSPS) is 15.0. The Hall–Kier alpha value is -3.52. The fraction of sp³-hybridized carbons (Fsp3) is 0.261. The number of hydrogen-bond acceptors (Lipinski definition) is 4. The van der Waals surface area contributed by atoms with E-state index in [-0.39, 0.29) is 30.7 Å². The van der Waals surface area contributed by atoms with Gasteiger partial charge in [-0.1, -0.05) is 24.3 Å². The first kappa shape index (κ1) is 20.7. The number of nitrogens with zero attached hydrogens (tertiary/aromatic N) is 2. The average Bonchev–Trinajstić information content (AvgIpc) is 3.21. The molecule has 1 aromatic heterocycles. The van der Waals surface area contributed by atoms with Gasteiger partial charge >= 0.3 is 0 Å². The minimum absolute atomic E-state index is 0.0663. The molecule has 0 aliphatic carbocycles. The maximum absolute atomic E-state index is 13.4. The molecule has 7 nitrogen and oxygen atoms in total. The second-order valence-electron chi connectivity index (χ2n) is 7.63. The van der Waals surface area contributed by atoms with Crippen molar-refractivity contribution in [3.63, 3.8) is 0 Å². The van der Waals surface area contributed by atoms with Gasteiger partial charge in [0.1, 0.15) is 17.7 Å². The summed E-state index contributed by atoms with van der Waals surface area (Å²) in [6.45, 7) is 4.07. The lowest BCUT2D eigenvalue weighted by Gasteiger charge is -2.12. The Morgan fingerprint density at radius 1 is 1.23 bits per heavy atom. The molecule has 8 heteroatoms. The van der Waals surface area contributed by atoms with Crippen molar-refractivity contribution in [3.8, 4) is 11.1 Å². The van der Waals surface area contributed by atoms with E-state index < -0.39 is 6.04 Å². The van der Waals surface area contributed by atoms with Crippen LogP contribution in [0, 0.1) is 19.7 Å². The number of carbonyl (C=O) groups is 2. The van der Waals surface area contributed by atoms with E-state index in [1.165, 1.54) is 16.8 Å². The van der Waals surface area contributed by atoms with Gasteiger partial charge in [0.15, 0.2) is 0 Å². The number of benzene rings is 2. The molecule has 1 aliphatic heterocycles. The summed E-state index contributed by atoms with van der Waals surface area (Å²) < 4.78 is 20.2. The van der Waals surface area contributed by atoms with Crippen LogP contribution in [0.2, 0.25) is 0 Å². The van der Waals surface area contributed by atoms with Crippen molar-refractivity contribution in [2.45, 2.75) is 32.9 Å². The predicted molar refractivity (Wildman–Crippen MR) is 115 cm³/mol. The summed E-state index contributed by atoms with van der Waals surface area (Å²) >= 11 is 0. The van der Waals surface area contributed by atoms with Crippen LogP contribution in [0.1, 0.15) is 29.3 Å². The van der Waals surface area contributed by atoms with Crippen LogP contribution in [0.5, 0.6) is 0 Å². The smallest absolute Gasteiger partial charge is 0.251 e. The van der Waals surface area contributed by atoms with Crippen LogP contribution in [0.25, 0.3) is 11.1 Å². The van der Waals surface area contributed by atoms with Gasteiger partial charge in [-0.25, -0.2) is 9.07 Å². The van der Waals surface area contributed by atoms with Crippen molar-refractivity contribution in [1.82, 2.24) is 9.78 Å². The fourth-order valence-corrected chi connectivity index (χ4v) is 3.72. The van der Waals surface area contributed by atoms with E-state index in [4.69, 9.17) is 4.74 Å². The fourth-order valence-electron chi connectivity index (χ4n) is 3.72.